The Bertz CT molecular complexity index is 740. The molecule has 0 spiro atoms. The number of benzene rings is 2. The molecule has 0 bridgehead atoms. The first-order valence-electron chi connectivity index (χ1n) is 8.79. The van der Waals surface area contributed by atoms with Gasteiger partial charge >= 0.3 is 11.9 Å². The molecule has 0 atom stereocenters. The summed E-state index contributed by atoms with van der Waals surface area (Å²) in [4.78, 5) is 44.2. The van der Waals surface area contributed by atoms with E-state index in [0.29, 0.717) is 11.1 Å². The zero-order valence-corrected chi connectivity index (χ0v) is 16.4. The highest BCUT2D eigenvalue weighted by Gasteiger charge is 2.24. The minimum Gasteiger partial charge on any atom is -0.292 e. The fourth-order valence-corrected chi connectivity index (χ4v) is 1.99. The molecular weight excluding hydrogens is 360 g/mol. The highest BCUT2D eigenvalue weighted by molar-refractivity contribution is 5.89. The molecule has 0 fully saturated rings. The minimum absolute atomic E-state index is 0.388. The maximum atomic E-state index is 12.0. The first-order chi connectivity index (χ1) is 13.2. The van der Waals surface area contributed by atoms with Crippen LogP contribution in [0.1, 0.15) is 48.4 Å². The van der Waals surface area contributed by atoms with Crippen molar-refractivity contribution < 1.29 is 29.1 Å². The number of carbonyl (C=O) groups excluding carboxylic acids is 2. The van der Waals surface area contributed by atoms with Crippen LogP contribution in [-0.4, -0.2) is 23.1 Å². The first-order valence-corrected chi connectivity index (χ1v) is 8.79. The lowest BCUT2D eigenvalue weighted by atomic mass is 10.0. The van der Waals surface area contributed by atoms with E-state index in [-0.39, 0.29) is 0 Å². The molecule has 0 aliphatic heterocycles. The first kappa shape index (κ1) is 21.3. The van der Waals surface area contributed by atoms with Crippen molar-refractivity contribution in [3.05, 3.63) is 83.9 Å². The van der Waals surface area contributed by atoms with Crippen LogP contribution in [0.15, 0.2) is 72.8 Å². The van der Waals surface area contributed by atoms with Gasteiger partial charge < -0.3 is 0 Å². The highest BCUT2D eigenvalue weighted by atomic mass is 17.2. The molecule has 0 saturated heterocycles. The van der Waals surface area contributed by atoms with Crippen LogP contribution in [0, 0.1) is 0 Å². The molecule has 0 amide bonds. The van der Waals surface area contributed by atoms with Gasteiger partial charge in [-0.15, -0.1) is 0 Å². The smallest absolute Gasteiger partial charge is 0.292 e. The fraction of sp³-hybridized carbons (Fsp3) is 0.273. The number of hydrogen-bond acceptors (Lipinski definition) is 6. The third-order valence-corrected chi connectivity index (χ3v) is 3.57. The van der Waals surface area contributed by atoms with Gasteiger partial charge in [0.15, 0.2) is 0 Å². The third kappa shape index (κ3) is 6.98. The molecule has 0 heterocycles. The van der Waals surface area contributed by atoms with Crippen molar-refractivity contribution in [1.82, 2.24) is 0 Å². The van der Waals surface area contributed by atoms with Gasteiger partial charge in [0.2, 0.25) is 0 Å². The van der Waals surface area contributed by atoms with Crippen LogP contribution in [0.4, 0.5) is 0 Å². The molecule has 0 saturated carbocycles. The zero-order valence-electron chi connectivity index (χ0n) is 16.4. The topological polar surface area (TPSA) is 71.1 Å². The molecule has 0 N–H and O–H groups in total. The molecule has 2 aromatic carbocycles. The van der Waals surface area contributed by atoms with Crippen molar-refractivity contribution in [2.75, 3.05) is 0 Å². The molecule has 148 valence electrons. The number of rotatable bonds is 8. The van der Waals surface area contributed by atoms with Gasteiger partial charge in [-0.25, -0.2) is 9.59 Å². The maximum absolute atomic E-state index is 12.0. The van der Waals surface area contributed by atoms with Crippen LogP contribution in [0.2, 0.25) is 0 Å². The third-order valence-electron chi connectivity index (χ3n) is 3.57. The monoisotopic (exact) mass is 384 g/mol. The Hall–Kier alpha value is -2.96. The zero-order chi connectivity index (χ0) is 20.6. The van der Waals surface area contributed by atoms with Crippen molar-refractivity contribution in [1.29, 1.82) is 0 Å². The summed E-state index contributed by atoms with van der Waals surface area (Å²) in [5.74, 6) is -1.18. The fourth-order valence-electron chi connectivity index (χ4n) is 1.99. The largest absolute Gasteiger partial charge is 0.373 e. The van der Waals surface area contributed by atoms with Gasteiger partial charge in [0.05, 0.1) is 11.1 Å². The molecule has 0 radical (unpaired) electrons. The summed E-state index contributed by atoms with van der Waals surface area (Å²) >= 11 is 0. The molecule has 2 aromatic rings. The van der Waals surface area contributed by atoms with Crippen molar-refractivity contribution in [3.8, 4) is 0 Å². The second-order valence-electron chi connectivity index (χ2n) is 7.18. The SMILES string of the molecule is CC(C)(/C=C/C(C)(C)OOC(=O)c1ccccc1)OOC(=O)c1ccccc1. The Morgan fingerprint density at radius 3 is 1.29 bits per heavy atom. The van der Waals surface area contributed by atoms with Crippen LogP contribution in [0.25, 0.3) is 0 Å². The normalized spacial score (nSPS) is 12.0. The molecule has 2 rings (SSSR count). The summed E-state index contributed by atoms with van der Waals surface area (Å²) in [7, 11) is 0. The summed E-state index contributed by atoms with van der Waals surface area (Å²) < 4.78 is 0. The predicted octanol–water partition coefficient (Wildman–Crippen LogP) is 4.68. The average Bonchev–Trinajstić information content (AvgIpc) is 2.70. The molecule has 6 heteroatoms. The van der Waals surface area contributed by atoms with Gasteiger partial charge in [-0.3, -0.25) is 9.78 Å². The quantitative estimate of drug-likeness (QED) is 0.374. The van der Waals surface area contributed by atoms with E-state index in [1.165, 1.54) is 0 Å². The van der Waals surface area contributed by atoms with Crippen molar-refractivity contribution in [2.24, 2.45) is 0 Å². The Labute approximate surface area is 164 Å². The van der Waals surface area contributed by atoms with Gasteiger partial charge in [0.25, 0.3) is 0 Å². The van der Waals surface area contributed by atoms with Crippen LogP contribution < -0.4 is 0 Å². The molecule has 6 nitrogen and oxygen atoms in total. The van der Waals surface area contributed by atoms with E-state index in [4.69, 9.17) is 19.6 Å². The molecule has 28 heavy (non-hydrogen) atoms. The standard InChI is InChI=1S/C22H24O6/c1-21(2,27-25-19(23)17-11-7-5-8-12-17)15-16-22(3,4)28-26-20(24)18-13-9-6-10-14-18/h5-16H,1-4H3/b16-15+. The Morgan fingerprint density at radius 1 is 0.643 bits per heavy atom. The van der Waals surface area contributed by atoms with E-state index in [0.717, 1.165) is 0 Å². The van der Waals surface area contributed by atoms with E-state index in [9.17, 15) is 9.59 Å². The lowest BCUT2D eigenvalue weighted by Gasteiger charge is -2.23. The van der Waals surface area contributed by atoms with Crippen LogP contribution in [0.3, 0.4) is 0 Å². The van der Waals surface area contributed by atoms with Gasteiger partial charge in [-0.05, 0) is 52.0 Å². The van der Waals surface area contributed by atoms with Crippen LogP contribution in [-0.2, 0) is 19.6 Å². The maximum Gasteiger partial charge on any atom is 0.373 e. The van der Waals surface area contributed by atoms with E-state index < -0.39 is 23.1 Å². The van der Waals surface area contributed by atoms with E-state index >= 15 is 0 Å². The van der Waals surface area contributed by atoms with E-state index in [2.05, 4.69) is 0 Å². The van der Waals surface area contributed by atoms with Crippen molar-refractivity contribution in [2.45, 2.75) is 38.9 Å². The Morgan fingerprint density at radius 2 is 0.964 bits per heavy atom. The van der Waals surface area contributed by atoms with E-state index in [1.807, 2.05) is 0 Å². The van der Waals surface area contributed by atoms with Crippen molar-refractivity contribution in [3.63, 3.8) is 0 Å². The molecular formula is C22H24O6. The van der Waals surface area contributed by atoms with Gasteiger partial charge in [-0.1, -0.05) is 48.6 Å². The van der Waals surface area contributed by atoms with Crippen LogP contribution >= 0.6 is 0 Å². The van der Waals surface area contributed by atoms with Gasteiger partial charge in [0.1, 0.15) is 11.2 Å². The number of carbonyl (C=O) groups is 2. The lowest BCUT2D eigenvalue weighted by molar-refractivity contribution is -0.297. The van der Waals surface area contributed by atoms with Gasteiger partial charge in [0, 0.05) is 0 Å². The predicted molar refractivity (Wildman–Crippen MR) is 103 cm³/mol. The average molecular weight is 384 g/mol. The summed E-state index contributed by atoms with van der Waals surface area (Å²) in [6.07, 6.45) is 3.31. The molecule has 0 unspecified atom stereocenters. The Kier molecular flexibility index (Phi) is 7.09. The highest BCUT2D eigenvalue weighted by Crippen LogP contribution is 2.19. The van der Waals surface area contributed by atoms with Crippen molar-refractivity contribution >= 4 is 11.9 Å². The second kappa shape index (κ2) is 9.30. The van der Waals surface area contributed by atoms with E-state index in [1.54, 1.807) is 101 Å². The summed E-state index contributed by atoms with van der Waals surface area (Å²) in [6, 6.07) is 17.1. The molecule has 0 aliphatic carbocycles. The molecule has 0 aromatic heterocycles. The summed E-state index contributed by atoms with van der Waals surface area (Å²) in [5.41, 5.74) is -1.07. The molecule has 0 aliphatic rings. The summed E-state index contributed by atoms with van der Waals surface area (Å²) in [5, 5.41) is 0. The van der Waals surface area contributed by atoms with Gasteiger partial charge in [-0.2, -0.15) is 9.78 Å². The minimum atomic E-state index is -0.922. The number of hydrogen-bond donors (Lipinski definition) is 0. The lowest BCUT2D eigenvalue weighted by Crippen LogP contribution is -2.28. The Balaban J connectivity index is 1.86. The second-order valence-corrected chi connectivity index (χ2v) is 7.18. The van der Waals surface area contributed by atoms with Crippen LogP contribution in [0.5, 0.6) is 0 Å². The summed E-state index contributed by atoms with van der Waals surface area (Å²) in [6.45, 7) is 6.86.